The molecule has 0 atom stereocenters. The Balaban J connectivity index is 2.00. The third-order valence-electron chi connectivity index (χ3n) is 3.42. The summed E-state index contributed by atoms with van der Waals surface area (Å²) in [6.45, 7) is 0.494. The van der Waals surface area contributed by atoms with Gasteiger partial charge in [-0.15, -0.1) is 11.3 Å². The molecular weight excluding hydrogens is 300 g/mol. The second-order valence-electron chi connectivity index (χ2n) is 4.92. The van der Waals surface area contributed by atoms with Gasteiger partial charge in [0.25, 0.3) is 5.91 Å². The Morgan fingerprint density at radius 2 is 2.09 bits per heavy atom. The number of nitrogens with zero attached hydrogens (tertiary/aromatic N) is 2. The number of hydrogen-bond acceptors (Lipinski definition) is 4. The molecule has 0 aliphatic carbocycles. The molecule has 0 saturated heterocycles. The van der Waals surface area contributed by atoms with Crippen molar-refractivity contribution >= 4 is 34.6 Å². The van der Waals surface area contributed by atoms with Crippen LogP contribution in [0.1, 0.15) is 21.7 Å². The fourth-order valence-corrected chi connectivity index (χ4v) is 3.05. The van der Waals surface area contributed by atoms with Gasteiger partial charge in [0.05, 0.1) is 34.8 Å². The van der Waals surface area contributed by atoms with Crippen LogP contribution in [0, 0.1) is 0 Å². The fourth-order valence-electron chi connectivity index (χ4n) is 2.34. The number of carboxylic acids is 1. The first kappa shape index (κ1) is 14.5. The van der Waals surface area contributed by atoms with Crippen molar-refractivity contribution in [3.63, 3.8) is 0 Å². The molecule has 2 aromatic rings. The Morgan fingerprint density at radius 3 is 2.82 bits per heavy atom. The maximum Gasteiger partial charge on any atom is 0.305 e. The van der Waals surface area contributed by atoms with Gasteiger partial charge in [-0.25, -0.2) is 4.99 Å². The molecule has 2 heterocycles. The smallest absolute Gasteiger partial charge is 0.305 e. The van der Waals surface area contributed by atoms with Crippen molar-refractivity contribution in [1.29, 1.82) is 0 Å². The topological polar surface area (TPSA) is 70.0 Å². The monoisotopic (exact) mass is 314 g/mol. The number of carbonyl (C=O) groups excluding carboxylic acids is 1. The van der Waals surface area contributed by atoms with Crippen molar-refractivity contribution < 1.29 is 14.7 Å². The van der Waals surface area contributed by atoms with Gasteiger partial charge in [0.15, 0.2) is 0 Å². The van der Waals surface area contributed by atoms with Crippen molar-refractivity contribution in [2.24, 2.45) is 4.99 Å². The number of carbonyl (C=O) groups is 2. The van der Waals surface area contributed by atoms with Crippen LogP contribution in [0.25, 0.3) is 0 Å². The molecular formula is C16H14N2O3S. The van der Waals surface area contributed by atoms with Gasteiger partial charge >= 0.3 is 5.97 Å². The minimum atomic E-state index is -0.917. The molecule has 0 fully saturated rings. The second-order valence-corrected chi connectivity index (χ2v) is 5.87. The molecule has 1 N–H and O–H groups in total. The predicted octanol–water partition coefficient (Wildman–Crippen LogP) is 2.80. The first-order valence-electron chi connectivity index (χ1n) is 6.86. The molecule has 0 saturated carbocycles. The number of thiophene rings is 1. The summed E-state index contributed by atoms with van der Waals surface area (Å²) < 4.78 is 0. The molecule has 1 aromatic carbocycles. The van der Waals surface area contributed by atoms with Gasteiger partial charge in [-0.05, 0) is 23.6 Å². The largest absolute Gasteiger partial charge is 0.481 e. The standard InChI is InChI=1S/C16H14N2O3S/c19-15(20)7-8-18-10-13(14-6-3-9-22-14)17-12-5-2-1-4-11(12)16(18)21/h1-6,9H,7-8,10H2,(H,19,20). The van der Waals surface area contributed by atoms with Crippen molar-refractivity contribution in [3.05, 3.63) is 52.2 Å². The van der Waals surface area contributed by atoms with E-state index in [0.717, 1.165) is 10.6 Å². The number of para-hydroxylation sites is 1. The van der Waals surface area contributed by atoms with Gasteiger partial charge in [-0.1, -0.05) is 18.2 Å². The molecule has 1 amide bonds. The maximum absolute atomic E-state index is 12.6. The highest BCUT2D eigenvalue weighted by atomic mass is 32.1. The van der Waals surface area contributed by atoms with E-state index < -0.39 is 5.97 Å². The lowest BCUT2D eigenvalue weighted by molar-refractivity contribution is -0.137. The number of aliphatic carboxylic acids is 1. The first-order chi connectivity index (χ1) is 10.6. The van der Waals surface area contributed by atoms with Gasteiger partial charge in [0, 0.05) is 6.54 Å². The van der Waals surface area contributed by atoms with Crippen molar-refractivity contribution in [2.45, 2.75) is 6.42 Å². The zero-order chi connectivity index (χ0) is 15.5. The fraction of sp³-hybridized carbons (Fsp3) is 0.188. The van der Waals surface area contributed by atoms with Gasteiger partial charge in [0.2, 0.25) is 0 Å². The van der Waals surface area contributed by atoms with Gasteiger partial charge in [-0.2, -0.15) is 0 Å². The lowest BCUT2D eigenvalue weighted by atomic mass is 10.1. The van der Waals surface area contributed by atoms with E-state index >= 15 is 0 Å². The van der Waals surface area contributed by atoms with E-state index in [1.165, 1.54) is 0 Å². The summed E-state index contributed by atoms with van der Waals surface area (Å²) in [6.07, 6.45) is -0.0778. The molecule has 1 aliphatic rings. The summed E-state index contributed by atoms with van der Waals surface area (Å²) in [4.78, 5) is 30.6. The van der Waals surface area contributed by atoms with Crippen LogP contribution in [0.5, 0.6) is 0 Å². The van der Waals surface area contributed by atoms with E-state index in [1.807, 2.05) is 29.6 Å². The Bertz CT molecular complexity index is 738. The Kier molecular flexibility index (Phi) is 4.02. The van der Waals surface area contributed by atoms with E-state index in [1.54, 1.807) is 28.4 Å². The molecule has 1 aliphatic heterocycles. The van der Waals surface area contributed by atoms with Gasteiger partial charge in [0.1, 0.15) is 0 Å². The third kappa shape index (κ3) is 2.92. The van der Waals surface area contributed by atoms with E-state index in [4.69, 9.17) is 5.11 Å². The Hall–Kier alpha value is -2.47. The summed E-state index contributed by atoms with van der Waals surface area (Å²) in [5.41, 5.74) is 1.94. The SMILES string of the molecule is O=C(O)CCN1CC(c2cccs2)=Nc2ccccc2C1=O. The summed E-state index contributed by atoms with van der Waals surface area (Å²) in [5, 5.41) is 10.8. The van der Waals surface area contributed by atoms with Crippen LogP contribution in [-0.4, -0.2) is 40.7 Å². The number of rotatable bonds is 4. The normalized spacial score (nSPS) is 14.3. The molecule has 5 nitrogen and oxygen atoms in total. The Morgan fingerprint density at radius 1 is 1.27 bits per heavy atom. The van der Waals surface area contributed by atoms with Gasteiger partial charge in [-0.3, -0.25) is 9.59 Å². The number of carboxylic acid groups (broad SMARTS) is 1. The van der Waals surface area contributed by atoms with Crippen LogP contribution >= 0.6 is 11.3 Å². The number of hydrogen-bond donors (Lipinski definition) is 1. The predicted molar refractivity (Wildman–Crippen MR) is 85.1 cm³/mol. The molecule has 112 valence electrons. The molecule has 0 unspecified atom stereocenters. The minimum Gasteiger partial charge on any atom is -0.481 e. The molecule has 0 bridgehead atoms. The highest BCUT2D eigenvalue weighted by molar-refractivity contribution is 7.12. The molecule has 3 rings (SSSR count). The summed E-state index contributed by atoms with van der Waals surface area (Å²) >= 11 is 1.56. The molecule has 22 heavy (non-hydrogen) atoms. The quantitative estimate of drug-likeness (QED) is 0.943. The zero-order valence-electron chi connectivity index (χ0n) is 11.7. The van der Waals surface area contributed by atoms with E-state index in [9.17, 15) is 9.59 Å². The summed E-state index contributed by atoms with van der Waals surface area (Å²) in [6, 6.07) is 11.1. The summed E-state index contributed by atoms with van der Waals surface area (Å²) in [5.74, 6) is -1.09. The van der Waals surface area contributed by atoms with E-state index in [-0.39, 0.29) is 18.9 Å². The lowest BCUT2D eigenvalue weighted by Crippen LogP contribution is -2.36. The average molecular weight is 314 g/mol. The van der Waals surface area contributed by atoms with Crippen LogP contribution in [0.3, 0.4) is 0 Å². The van der Waals surface area contributed by atoms with Crippen LogP contribution in [-0.2, 0) is 4.79 Å². The highest BCUT2D eigenvalue weighted by Gasteiger charge is 2.25. The van der Waals surface area contributed by atoms with Crippen molar-refractivity contribution in [3.8, 4) is 0 Å². The van der Waals surface area contributed by atoms with Crippen LogP contribution in [0.2, 0.25) is 0 Å². The molecule has 6 heteroatoms. The third-order valence-corrected chi connectivity index (χ3v) is 4.34. The maximum atomic E-state index is 12.6. The molecule has 1 aromatic heterocycles. The number of amides is 1. The van der Waals surface area contributed by atoms with Crippen LogP contribution in [0.15, 0.2) is 46.8 Å². The van der Waals surface area contributed by atoms with Crippen LogP contribution in [0.4, 0.5) is 5.69 Å². The minimum absolute atomic E-state index is 0.0778. The average Bonchev–Trinajstić information content (AvgIpc) is 3.00. The number of aliphatic imine (C=N–C) groups is 1. The highest BCUT2D eigenvalue weighted by Crippen LogP contribution is 2.26. The summed E-state index contributed by atoms with van der Waals surface area (Å²) in [7, 11) is 0. The van der Waals surface area contributed by atoms with Crippen molar-refractivity contribution in [1.82, 2.24) is 4.90 Å². The lowest BCUT2D eigenvalue weighted by Gasteiger charge is -2.20. The van der Waals surface area contributed by atoms with Gasteiger partial charge < -0.3 is 10.0 Å². The molecule has 0 radical (unpaired) electrons. The second kappa shape index (κ2) is 6.11. The zero-order valence-corrected chi connectivity index (χ0v) is 12.5. The number of fused-ring (bicyclic) bond motifs is 1. The molecule has 0 spiro atoms. The Labute approximate surface area is 131 Å². The van der Waals surface area contributed by atoms with E-state index in [0.29, 0.717) is 17.8 Å². The first-order valence-corrected chi connectivity index (χ1v) is 7.74. The van der Waals surface area contributed by atoms with Crippen molar-refractivity contribution in [2.75, 3.05) is 13.1 Å². The number of benzene rings is 1. The van der Waals surface area contributed by atoms with Crippen LogP contribution < -0.4 is 0 Å². The van der Waals surface area contributed by atoms with E-state index in [2.05, 4.69) is 4.99 Å².